The number of thiocarbonyl (C=S) groups is 1. The normalized spacial score (nSPS) is 10.3. The van der Waals surface area contributed by atoms with E-state index in [1.165, 1.54) is 0 Å². The highest BCUT2D eigenvalue weighted by Crippen LogP contribution is 2.19. The summed E-state index contributed by atoms with van der Waals surface area (Å²) in [7, 11) is 1.75. The topological polar surface area (TPSA) is 61.4 Å². The number of para-hydroxylation sites is 1. The summed E-state index contributed by atoms with van der Waals surface area (Å²) in [6, 6.07) is 24.3. The van der Waals surface area contributed by atoms with Crippen molar-refractivity contribution in [2.75, 3.05) is 12.4 Å². The summed E-state index contributed by atoms with van der Waals surface area (Å²) in [4.78, 5) is 26.9. The summed E-state index contributed by atoms with van der Waals surface area (Å²) in [5.41, 5.74) is 2.95. The number of nitrogens with zero attached hydrogens (tertiary/aromatic N) is 1. The monoisotopic (exact) mass is 465 g/mol. The number of benzene rings is 3. The van der Waals surface area contributed by atoms with E-state index >= 15 is 0 Å². The molecule has 3 rings (SSSR count). The van der Waals surface area contributed by atoms with Crippen molar-refractivity contribution in [3.63, 3.8) is 0 Å². The second kappa shape index (κ2) is 11.4. The fraction of sp³-hybridized carbons (Fsp3) is 0.160. The van der Waals surface area contributed by atoms with Gasteiger partial charge in [0.1, 0.15) is 0 Å². The van der Waals surface area contributed by atoms with Gasteiger partial charge in [0.2, 0.25) is 5.91 Å². The predicted molar refractivity (Wildman–Crippen MR) is 133 cm³/mol. The van der Waals surface area contributed by atoms with Gasteiger partial charge in [-0.2, -0.15) is 0 Å². The van der Waals surface area contributed by atoms with Crippen LogP contribution in [0.25, 0.3) is 0 Å². The number of anilines is 1. The molecule has 0 fully saturated rings. The molecule has 2 amide bonds. The van der Waals surface area contributed by atoms with Gasteiger partial charge in [0.15, 0.2) is 5.11 Å². The van der Waals surface area contributed by atoms with E-state index in [1.807, 2.05) is 48.5 Å². The summed E-state index contributed by atoms with van der Waals surface area (Å²) in [5.74, 6) is -0.378. The summed E-state index contributed by atoms with van der Waals surface area (Å²) >= 11 is 11.4. The molecule has 0 aliphatic carbocycles. The quantitative estimate of drug-likeness (QED) is 0.479. The lowest BCUT2D eigenvalue weighted by atomic mass is 10.1. The molecule has 0 saturated carbocycles. The molecule has 0 heterocycles. The first kappa shape index (κ1) is 23.4. The van der Waals surface area contributed by atoms with Gasteiger partial charge < -0.3 is 15.5 Å². The Morgan fingerprint density at radius 1 is 0.938 bits per heavy atom. The van der Waals surface area contributed by atoms with Crippen molar-refractivity contribution in [3.8, 4) is 0 Å². The Kier molecular flexibility index (Phi) is 8.36. The van der Waals surface area contributed by atoms with Crippen molar-refractivity contribution in [3.05, 3.63) is 101 Å². The van der Waals surface area contributed by atoms with Crippen LogP contribution in [0.15, 0.2) is 78.9 Å². The van der Waals surface area contributed by atoms with E-state index in [1.54, 1.807) is 42.3 Å². The van der Waals surface area contributed by atoms with E-state index < -0.39 is 0 Å². The van der Waals surface area contributed by atoms with Gasteiger partial charge in [0.05, 0.1) is 11.3 Å². The molecule has 0 aliphatic rings. The largest absolute Gasteiger partial charge is 0.337 e. The molecule has 3 aromatic rings. The Hall–Kier alpha value is -3.22. The zero-order valence-corrected chi connectivity index (χ0v) is 19.2. The van der Waals surface area contributed by atoms with Crippen LogP contribution in [0.5, 0.6) is 0 Å². The SMILES string of the molecule is CN(Cc1ccccc1)C(=O)c1ccccc1NC(=S)NC(=O)CCc1ccccc1Cl. The molecule has 0 radical (unpaired) electrons. The highest BCUT2D eigenvalue weighted by Gasteiger charge is 2.17. The van der Waals surface area contributed by atoms with Crippen LogP contribution in [0.3, 0.4) is 0 Å². The zero-order chi connectivity index (χ0) is 22.9. The van der Waals surface area contributed by atoms with E-state index in [0.29, 0.717) is 29.2 Å². The molecule has 32 heavy (non-hydrogen) atoms. The van der Waals surface area contributed by atoms with Crippen LogP contribution in [0.2, 0.25) is 5.02 Å². The number of carbonyl (C=O) groups excluding carboxylic acids is 2. The number of nitrogens with one attached hydrogen (secondary N) is 2. The Morgan fingerprint density at radius 3 is 2.34 bits per heavy atom. The van der Waals surface area contributed by atoms with Gasteiger partial charge in [-0.15, -0.1) is 0 Å². The van der Waals surface area contributed by atoms with Crippen molar-refractivity contribution < 1.29 is 9.59 Å². The van der Waals surface area contributed by atoms with Crippen LogP contribution < -0.4 is 10.6 Å². The maximum absolute atomic E-state index is 13.0. The number of aryl methyl sites for hydroxylation is 1. The van der Waals surface area contributed by atoms with Crippen molar-refractivity contribution in [2.45, 2.75) is 19.4 Å². The minimum atomic E-state index is -0.229. The van der Waals surface area contributed by atoms with Crippen LogP contribution >= 0.6 is 23.8 Å². The molecule has 0 aromatic heterocycles. The molecule has 2 N–H and O–H groups in total. The van der Waals surface area contributed by atoms with Gasteiger partial charge in [-0.1, -0.05) is 72.3 Å². The third-order valence-corrected chi connectivity index (χ3v) is 5.42. The third kappa shape index (κ3) is 6.64. The predicted octanol–water partition coefficient (Wildman–Crippen LogP) is 5.06. The minimum Gasteiger partial charge on any atom is -0.337 e. The molecule has 0 aliphatic heterocycles. The van der Waals surface area contributed by atoms with Crippen molar-refractivity contribution in [2.24, 2.45) is 0 Å². The lowest BCUT2D eigenvalue weighted by Crippen LogP contribution is -2.35. The lowest BCUT2D eigenvalue weighted by Gasteiger charge is -2.20. The van der Waals surface area contributed by atoms with Gasteiger partial charge >= 0.3 is 0 Å². The first-order valence-electron chi connectivity index (χ1n) is 10.2. The van der Waals surface area contributed by atoms with Crippen molar-refractivity contribution >= 4 is 46.4 Å². The van der Waals surface area contributed by atoms with Crippen molar-refractivity contribution in [1.29, 1.82) is 0 Å². The molecule has 7 heteroatoms. The van der Waals surface area contributed by atoms with E-state index in [-0.39, 0.29) is 23.3 Å². The second-order valence-corrected chi connectivity index (χ2v) is 8.10. The second-order valence-electron chi connectivity index (χ2n) is 7.29. The van der Waals surface area contributed by atoms with Gasteiger partial charge in [-0.3, -0.25) is 9.59 Å². The molecule has 0 spiro atoms. The standard InChI is InChI=1S/C25H24ClN3O2S/c1-29(17-18-9-3-2-4-10-18)24(31)20-12-6-8-14-22(20)27-25(32)28-23(30)16-15-19-11-5-7-13-21(19)26/h2-14H,15-17H2,1H3,(H2,27,28,30,32). The summed E-state index contributed by atoms with van der Waals surface area (Å²) in [6.07, 6.45) is 0.749. The van der Waals surface area contributed by atoms with E-state index in [4.69, 9.17) is 23.8 Å². The molecule has 5 nitrogen and oxygen atoms in total. The summed E-state index contributed by atoms with van der Waals surface area (Å²) in [6.45, 7) is 0.483. The van der Waals surface area contributed by atoms with Gasteiger partial charge in [-0.25, -0.2) is 0 Å². The van der Waals surface area contributed by atoms with E-state index in [9.17, 15) is 9.59 Å². The Labute approximate surface area is 198 Å². The number of amides is 2. The van der Waals surface area contributed by atoms with Gasteiger partial charge in [0, 0.05) is 25.0 Å². The number of hydrogen-bond donors (Lipinski definition) is 2. The Morgan fingerprint density at radius 2 is 1.59 bits per heavy atom. The van der Waals surface area contributed by atoms with Crippen molar-refractivity contribution in [1.82, 2.24) is 10.2 Å². The smallest absolute Gasteiger partial charge is 0.256 e. The molecule has 0 saturated heterocycles. The maximum atomic E-state index is 13.0. The highest BCUT2D eigenvalue weighted by molar-refractivity contribution is 7.80. The molecule has 0 bridgehead atoms. The number of carbonyl (C=O) groups is 2. The Balaban J connectivity index is 1.59. The third-order valence-electron chi connectivity index (χ3n) is 4.85. The van der Waals surface area contributed by atoms with Crippen LogP contribution in [0.1, 0.15) is 27.9 Å². The summed E-state index contributed by atoms with van der Waals surface area (Å²) < 4.78 is 0. The molecule has 0 atom stereocenters. The Bertz CT molecular complexity index is 1110. The first-order valence-corrected chi connectivity index (χ1v) is 11.0. The number of hydrogen-bond acceptors (Lipinski definition) is 3. The van der Waals surface area contributed by atoms with Crippen LogP contribution in [0.4, 0.5) is 5.69 Å². The fourth-order valence-corrected chi connectivity index (χ4v) is 3.66. The highest BCUT2D eigenvalue weighted by atomic mass is 35.5. The van der Waals surface area contributed by atoms with E-state index in [2.05, 4.69) is 10.6 Å². The molecular formula is C25H24ClN3O2S. The molecule has 3 aromatic carbocycles. The average Bonchev–Trinajstić information content (AvgIpc) is 2.79. The molecule has 0 unspecified atom stereocenters. The van der Waals surface area contributed by atoms with Crippen LogP contribution in [-0.2, 0) is 17.8 Å². The fourth-order valence-electron chi connectivity index (χ4n) is 3.21. The molecule has 164 valence electrons. The van der Waals surface area contributed by atoms with Crippen LogP contribution in [0, 0.1) is 0 Å². The summed E-state index contributed by atoms with van der Waals surface area (Å²) in [5, 5.41) is 6.41. The van der Waals surface area contributed by atoms with E-state index in [0.717, 1.165) is 11.1 Å². The first-order chi connectivity index (χ1) is 15.4. The maximum Gasteiger partial charge on any atom is 0.256 e. The number of rotatable bonds is 7. The van der Waals surface area contributed by atoms with Gasteiger partial charge in [-0.05, 0) is 48.0 Å². The number of halogens is 1. The molecular weight excluding hydrogens is 442 g/mol. The van der Waals surface area contributed by atoms with Gasteiger partial charge in [0.25, 0.3) is 5.91 Å². The van der Waals surface area contributed by atoms with Crippen LogP contribution in [-0.4, -0.2) is 28.9 Å². The zero-order valence-electron chi connectivity index (χ0n) is 17.7. The minimum absolute atomic E-state index is 0.139. The average molecular weight is 466 g/mol. The lowest BCUT2D eigenvalue weighted by molar-refractivity contribution is -0.119.